The topological polar surface area (TPSA) is 18.5 Å². The van der Waals surface area contributed by atoms with Crippen LogP contribution < -0.4 is 0 Å². The summed E-state index contributed by atoms with van der Waals surface area (Å²) in [5.41, 5.74) is 0.475. The minimum atomic E-state index is -1.15. The van der Waals surface area contributed by atoms with E-state index in [-0.39, 0.29) is 6.29 Å². The summed E-state index contributed by atoms with van der Waals surface area (Å²) >= 11 is 0. The zero-order valence-electron chi connectivity index (χ0n) is 9.30. The van der Waals surface area contributed by atoms with E-state index in [9.17, 15) is 0 Å². The average molecular weight is 202 g/mol. The van der Waals surface area contributed by atoms with E-state index in [0.717, 1.165) is 19.4 Å². The van der Waals surface area contributed by atoms with Crippen LogP contribution in [-0.2, 0) is 9.47 Å². The Hall–Kier alpha value is 0.137. The largest absolute Gasteiger partial charge is 0.353 e. The first-order valence-electron chi connectivity index (χ1n) is 5.37. The standard InChI is InChI=1S/C10H22O2Si/c1-5-10(13(3,4)6-2)12-9-7-8-11-9/h9-10H,5-8H2,1-4H3. The van der Waals surface area contributed by atoms with Gasteiger partial charge in [-0.3, -0.25) is 0 Å². The van der Waals surface area contributed by atoms with Crippen LogP contribution in [0.1, 0.15) is 26.7 Å². The number of hydrogen-bond acceptors (Lipinski definition) is 2. The molecule has 2 atom stereocenters. The summed E-state index contributed by atoms with van der Waals surface area (Å²) in [4.78, 5) is 0. The highest BCUT2D eigenvalue weighted by Gasteiger charge is 2.33. The van der Waals surface area contributed by atoms with Crippen LogP contribution >= 0.6 is 0 Å². The van der Waals surface area contributed by atoms with E-state index < -0.39 is 8.07 Å². The normalized spacial score (nSPS) is 25.4. The lowest BCUT2D eigenvalue weighted by atomic mass is 10.3. The molecule has 0 amide bonds. The summed E-state index contributed by atoms with van der Waals surface area (Å²) in [6, 6.07) is 1.29. The van der Waals surface area contributed by atoms with E-state index in [2.05, 4.69) is 26.9 Å². The van der Waals surface area contributed by atoms with Gasteiger partial charge in [-0.2, -0.15) is 0 Å². The van der Waals surface area contributed by atoms with Crippen molar-refractivity contribution in [3.63, 3.8) is 0 Å². The van der Waals surface area contributed by atoms with Crippen LogP contribution in [-0.4, -0.2) is 26.7 Å². The Morgan fingerprint density at radius 3 is 2.38 bits per heavy atom. The van der Waals surface area contributed by atoms with Crippen LogP contribution in [0.4, 0.5) is 0 Å². The van der Waals surface area contributed by atoms with E-state index in [0.29, 0.717) is 5.73 Å². The minimum absolute atomic E-state index is 0.114. The molecule has 0 N–H and O–H groups in total. The van der Waals surface area contributed by atoms with Crippen molar-refractivity contribution in [2.75, 3.05) is 6.61 Å². The quantitative estimate of drug-likeness (QED) is 0.638. The molecule has 0 aromatic rings. The summed E-state index contributed by atoms with van der Waals surface area (Å²) in [5.74, 6) is 0. The molecule has 0 spiro atoms. The second kappa shape index (κ2) is 4.58. The molecule has 3 heteroatoms. The maximum absolute atomic E-state index is 5.93. The van der Waals surface area contributed by atoms with E-state index in [1.54, 1.807) is 0 Å². The fourth-order valence-corrected chi connectivity index (χ4v) is 3.65. The van der Waals surface area contributed by atoms with E-state index in [1.807, 2.05) is 0 Å². The molecular weight excluding hydrogens is 180 g/mol. The molecule has 0 aromatic carbocycles. The fourth-order valence-electron chi connectivity index (χ4n) is 1.57. The lowest BCUT2D eigenvalue weighted by Gasteiger charge is -2.37. The zero-order valence-corrected chi connectivity index (χ0v) is 10.3. The van der Waals surface area contributed by atoms with Crippen LogP contribution in [0.5, 0.6) is 0 Å². The van der Waals surface area contributed by atoms with Gasteiger partial charge in [0.25, 0.3) is 0 Å². The molecule has 0 aliphatic carbocycles. The molecular formula is C10H22O2Si. The Balaban J connectivity index is 2.40. The predicted octanol–water partition coefficient (Wildman–Crippen LogP) is 2.80. The Labute approximate surface area is 82.6 Å². The molecule has 13 heavy (non-hydrogen) atoms. The third-order valence-electron chi connectivity index (χ3n) is 3.13. The van der Waals surface area contributed by atoms with Gasteiger partial charge >= 0.3 is 0 Å². The van der Waals surface area contributed by atoms with Gasteiger partial charge in [-0.15, -0.1) is 0 Å². The minimum Gasteiger partial charge on any atom is -0.353 e. The lowest BCUT2D eigenvalue weighted by Crippen LogP contribution is -2.46. The van der Waals surface area contributed by atoms with E-state index >= 15 is 0 Å². The summed E-state index contributed by atoms with van der Waals surface area (Å²) in [7, 11) is -1.15. The molecule has 1 saturated heterocycles. The Bertz CT molecular complexity index is 155. The molecule has 1 heterocycles. The highest BCUT2D eigenvalue weighted by molar-refractivity contribution is 6.78. The summed E-state index contributed by atoms with van der Waals surface area (Å²) in [6.45, 7) is 10.2. The molecule has 1 aliphatic rings. The second-order valence-electron chi connectivity index (χ2n) is 4.46. The maximum Gasteiger partial charge on any atom is 0.159 e. The highest BCUT2D eigenvalue weighted by atomic mass is 28.3. The SMILES string of the molecule is CCC(OC1CCO1)[Si](C)(C)CC. The molecule has 2 unspecified atom stereocenters. The fraction of sp³-hybridized carbons (Fsp3) is 1.00. The van der Waals surface area contributed by atoms with Crippen LogP contribution in [0.2, 0.25) is 19.1 Å². The first-order valence-corrected chi connectivity index (χ1v) is 8.65. The van der Waals surface area contributed by atoms with Crippen LogP contribution in [0.3, 0.4) is 0 Å². The predicted molar refractivity (Wildman–Crippen MR) is 57.5 cm³/mol. The van der Waals surface area contributed by atoms with Crippen molar-refractivity contribution in [3.05, 3.63) is 0 Å². The second-order valence-corrected chi connectivity index (χ2v) is 9.79. The average Bonchev–Trinajstić information content (AvgIpc) is 2.02. The zero-order chi connectivity index (χ0) is 9.90. The van der Waals surface area contributed by atoms with Crippen LogP contribution in [0, 0.1) is 0 Å². The molecule has 1 fully saturated rings. The van der Waals surface area contributed by atoms with E-state index in [1.165, 1.54) is 6.04 Å². The van der Waals surface area contributed by atoms with Crippen molar-refractivity contribution in [2.24, 2.45) is 0 Å². The van der Waals surface area contributed by atoms with Gasteiger partial charge < -0.3 is 9.47 Å². The molecule has 2 nitrogen and oxygen atoms in total. The number of rotatable bonds is 5. The van der Waals surface area contributed by atoms with Gasteiger partial charge in [0, 0.05) is 6.42 Å². The lowest BCUT2D eigenvalue weighted by molar-refractivity contribution is -0.224. The van der Waals surface area contributed by atoms with Crippen molar-refractivity contribution in [1.29, 1.82) is 0 Å². The molecule has 0 bridgehead atoms. The number of hydrogen-bond donors (Lipinski definition) is 0. The van der Waals surface area contributed by atoms with Gasteiger partial charge in [0.15, 0.2) is 6.29 Å². The van der Waals surface area contributed by atoms with Crippen molar-refractivity contribution in [1.82, 2.24) is 0 Å². The van der Waals surface area contributed by atoms with Crippen LogP contribution in [0.25, 0.3) is 0 Å². The molecule has 0 radical (unpaired) electrons. The monoisotopic (exact) mass is 202 g/mol. The van der Waals surface area contributed by atoms with Crippen molar-refractivity contribution >= 4 is 8.07 Å². The third-order valence-corrected chi connectivity index (χ3v) is 7.24. The van der Waals surface area contributed by atoms with Gasteiger partial charge in [-0.25, -0.2) is 0 Å². The Kier molecular flexibility index (Phi) is 3.95. The van der Waals surface area contributed by atoms with Crippen molar-refractivity contribution < 1.29 is 9.47 Å². The van der Waals surface area contributed by atoms with Crippen molar-refractivity contribution in [2.45, 2.75) is 57.8 Å². The molecule has 0 aromatic heterocycles. The molecule has 1 aliphatic heterocycles. The summed E-state index contributed by atoms with van der Waals surface area (Å²) in [5, 5.41) is 0. The van der Waals surface area contributed by atoms with Crippen molar-refractivity contribution in [3.8, 4) is 0 Å². The van der Waals surface area contributed by atoms with E-state index in [4.69, 9.17) is 9.47 Å². The smallest absolute Gasteiger partial charge is 0.159 e. The van der Waals surface area contributed by atoms with Gasteiger partial charge in [0.2, 0.25) is 0 Å². The Morgan fingerprint density at radius 1 is 1.46 bits per heavy atom. The van der Waals surface area contributed by atoms with Gasteiger partial charge in [-0.05, 0) is 6.42 Å². The molecule has 1 rings (SSSR count). The van der Waals surface area contributed by atoms with Crippen LogP contribution in [0.15, 0.2) is 0 Å². The Morgan fingerprint density at radius 2 is 2.08 bits per heavy atom. The van der Waals surface area contributed by atoms with Gasteiger partial charge in [-0.1, -0.05) is 33.0 Å². The highest BCUT2D eigenvalue weighted by Crippen LogP contribution is 2.24. The molecule has 0 saturated carbocycles. The maximum atomic E-state index is 5.93. The molecule has 78 valence electrons. The third kappa shape index (κ3) is 2.79. The number of ether oxygens (including phenoxy) is 2. The summed E-state index contributed by atoms with van der Waals surface area (Å²) in [6.07, 6.45) is 2.33. The van der Waals surface area contributed by atoms with Gasteiger partial charge in [0.1, 0.15) is 0 Å². The van der Waals surface area contributed by atoms with Gasteiger partial charge in [0.05, 0.1) is 20.4 Å². The summed E-state index contributed by atoms with van der Waals surface area (Å²) < 4.78 is 11.2. The first-order chi connectivity index (χ1) is 6.10. The first kappa shape index (κ1) is 11.2.